The van der Waals surface area contributed by atoms with Gasteiger partial charge in [-0.25, -0.2) is 8.98 Å². The molecule has 0 fully saturated rings. The first-order valence-electron chi connectivity index (χ1n) is 12.5. The van der Waals surface area contributed by atoms with E-state index in [9.17, 15) is 13.2 Å². The Labute approximate surface area is 241 Å². The third-order valence-corrected chi connectivity index (χ3v) is 8.68. The molecule has 0 aliphatic carbocycles. The van der Waals surface area contributed by atoms with Crippen molar-refractivity contribution in [2.24, 2.45) is 0 Å². The minimum Gasteiger partial charge on any atom is -0.461 e. The summed E-state index contributed by atoms with van der Waals surface area (Å²) in [5, 5.41) is 5.04. The Bertz CT molecular complexity index is 1730. The molecule has 0 aliphatic heterocycles. The van der Waals surface area contributed by atoms with Gasteiger partial charge in [0.25, 0.3) is 0 Å². The van der Waals surface area contributed by atoms with Crippen molar-refractivity contribution >= 4 is 49.9 Å². The normalized spacial score (nSPS) is 13.2. The highest BCUT2D eigenvalue weighted by molar-refractivity contribution is 7.86. The van der Waals surface area contributed by atoms with Crippen molar-refractivity contribution in [3.8, 4) is 5.75 Å². The fourth-order valence-electron chi connectivity index (χ4n) is 4.41. The molecular weight excluding hydrogens is 570 g/mol. The van der Waals surface area contributed by atoms with Crippen LogP contribution in [0.1, 0.15) is 47.8 Å². The molecule has 2 unspecified atom stereocenters. The third kappa shape index (κ3) is 5.78. The van der Waals surface area contributed by atoms with E-state index in [0.29, 0.717) is 22.4 Å². The number of hydrogen-bond donors (Lipinski definition) is 0. The third-order valence-electron chi connectivity index (χ3n) is 6.36. The van der Waals surface area contributed by atoms with Crippen LogP contribution in [-0.2, 0) is 19.0 Å². The van der Waals surface area contributed by atoms with Gasteiger partial charge in [-0.2, -0.15) is 19.8 Å². The van der Waals surface area contributed by atoms with Crippen LogP contribution in [0, 0.1) is 0 Å². The summed E-state index contributed by atoms with van der Waals surface area (Å²) in [4.78, 5) is 12.9. The van der Waals surface area contributed by atoms with Gasteiger partial charge in [0.05, 0.1) is 22.6 Å². The van der Waals surface area contributed by atoms with Crippen LogP contribution in [0.15, 0.2) is 101 Å². The number of nitrogens with zero attached hydrogens (tertiary/aromatic N) is 1. The zero-order chi connectivity index (χ0) is 28.3. The molecule has 0 radical (unpaired) electrons. The van der Waals surface area contributed by atoms with E-state index in [1.54, 1.807) is 78.9 Å². The first kappa shape index (κ1) is 27.9. The molecule has 3 aromatic carbocycles. The van der Waals surface area contributed by atoms with Crippen LogP contribution in [0.3, 0.4) is 0 Å². The molecule has 206 valence electrons. The number of carbonyl (C=O) groups is 1. The van der Waals surface area contributed by atoms with E-state index in [1.807, 2.05) is 34.4 Å². The highest BCUT2D eigenvalue weighted by atomic mass is 35.5. The van der Waals surface area contributed by atoms with Crippen LogP contribution in [0.25, 0.3) is 10.9 Å². The summed E-state index contributed by atoms with van der Waals surface area (Å²) in [6.07, 6.45) is -1.37. The Morgan fingerprint density at radius 1 is 1.00 bits per heavy atom. The molecule has 0 saturated carbocycles. The average Bonchev–Trinajstić information content (AvgIpc) is 3.62. The maximum atomic E-state index is 13.1. The Hall–Kier alpha value is -3.63. The van der Waals surface area contributed by atoms with Gasteiger partial charge in [-0.15, -0.1) is 0 Å². The number of carbonyl (C=O) groups excluding carboxylic acids is 1. The molecule has 2 aromatic heterocycles. The fourth-order valence-corrected chi connectivity index (χ4v) is 6.36. The van der Waals surface area contributed by atoms with E-state index < -0.39 is 22.4 Å². The number of aromatic nitrogens is 1. The van der Waals surface area contributed by atoms with Crippen LogP contribution in [0.2, 0.25) is 5.02 Å². The monoisotopic (exact) mass is 595 g/mol. The van der Waals surface area contributed by atoms with E-state index in [4.69, 9.17) is 25.3 Å². The molecule has 5 aromatic rings. The second kappa shape index (κ2) is 11.9. The van der Waals surface area contributed by atoms with Gasteiger partial charge in [-0.1, -0.05) is 48.0 Å². The highest BCUT2D eigenvalue weighted by Crippen LogP contribution is 2.35. The SMILES string of the molecule is CCOC(=O)c1cc2cc(OC(OS(=O)(=O)c3ccccc3)c3ccccc3Cl)ccc2n1C(C)c1ccsc1. The quantitative estimate of drug-likeness (QED) is 0.0938. The number of esters is 1. The highest BCUT2D eigenvalue weighted by Gasteiger charge is 2.27. The van der Waals surface area contributed by atoms with Crippen molar-refractivity contribution in [3.05, 3.63) is 118 Å². The van der Waals surface area contributed by atoms with Crippen molar-refractivity contribution < 1.29 is 26.9 Å². The maximum absolute atomic E-state index is 13.1. The molecule has 2 heterocycles. The summed E-state index contributed by atoms with van der Waals surface area (Å²) in [6.45, 7) is 4.02. The van der Waals surface area contributed by atoms with Gasteiger partial charge in [0.1, 0.15) is 11.4 Å². The largest absolute Gasteiger partial charge is 0.461 e. The fraction of sp³-hybridized carbons (Fsp3) is 0.167. The van der Waals surface area contributed by atoms with E-state index >= 15 is 0 Å². The van der Waals surface area contributed by atoms with Gasteiger partial charge in [0.15, 0.2) is 0 Å². The number of thiophene rings is 1. The molecule has 0 N–H and O–H groups in total. The standard InChI is InChI=1S/C30H26ClNO6S2/c1-3-36-29(33)28-18-22-17-23(13-14-27(22)32(28)20(2)21-15-16-39-19-21)37-30(25-11-7-8-12-26(25)31)38-40(34,35)24-9-5-4-6-10-24/h4-20,30H,3H2,1-2H3. The van der Waals surface area contributed by atoms with Crippen molar-refractivity contribution in [3.63, 3.8) is 0 Å². The van der Waals surface area contributed by atoms with Crippen LogP contribution < -0.4 is 4.74 Å². The summed E-state index contributed by atoms with van der Waals surface area (Å²) in [5.41, 5.74) is 2.60. The summed E-state index contributed by atoms with van der Waals surface area (Å²) < 4.78 is 45.2. The summed E-state index contributed by atoms with van der Waals surface area (Å²) in [5.74, 6) is -0.106. The lowest BCUT2D eigenvalue weighted by Gasteiger charge is -2.21. The molecule has 40 heavy (non-hydrogen) atoms. The number of halogens is 1. The Balaban J connectivity index is 1.55. The van der Waals surface area contributed by atoms with Crippen molar-refractivity contribution in [2.75, 3.05) is 6.61 Å². The molecule has 0 bridgehead atoms. The molecular formula is C30H26ClNO6S2. The summed E-state index contributed by atoms with van der Waals surface area (Å²) in [7, 11) is -4.19. The van der Waals surface area contributed by atoms with Crippen molar-refractivity contribution in [1.82, 2.24) is 4.57 Å². The second-order valence-corrected chi connectivity index (χ2v) is 11.7. The molecule has 7 nitrogen and oxygen atoms in total. The smallest absolute Gasteiger partial charge is 0.354 e. The van der Waals surface area contributed by atoms with Crippen LogP contribution in [-0.4, -0.2) is 25.6 Å². The van der Waals surface area contributed by atoms with Crippen molar-refractivity contribution in [2.45, 2.75) is 31.1 Å². The van der Waals surface area contributed by atoms with Gasteiger partial charge in [-0.05, 0) is 78.7 Å². The lowest BCUT2D eigenvalue weighted by molar-refractivity contribution is 0.00981. The van der Waals surface area contributed by atoms with Gasteiger partial charge < -0.3 is 14.0 Å². The predicted molar refractivity (Wildman–Crippen MR) is 156 cm³/mol. The van der Waals surface area contributed by atoms with Gasteiger partial charge in [0, 0.05) is 16.5 Å². The van der Waals surface area contributed by atoms with E-state index in [2.05, 4.69) is 0 Å². The lowest BCUT2D eigenvalue weighted by Crippen LogP contribution is -2.18. The minimum atomic E-state index is -4.19. The zero-order valence-corrected chi connectivity index (χ0v) is 24.1. The summed E-state index contributed by atoms with van der Waals surface area (Å²) in [6, 6.07) is 23.4. The van der Waals surface area contributed by atoms with Crippen LogP contribution in [0.5, 0.6) is 5.75 Å². The van der Waals surface area contributed by atoms with E-state index in [0.717, 1.165) is 11.1 Å². The molecule has 5 rings (SSSR count). The first-order chi connectivity index (χ1) is 19.3. The minimum absolute atomic E-state index is 0.00956. The molecule has 0 amide bonds. The molecule has 0 saturated heterocycles. The zero-order valence-electron chi connectivity index (χ0n) is 21.7. The molecule has 2 atom stereocenters. The number of rotatable bonds is 10. The predicted octanol–water partition coefficient (Wildman–Crippen LogP) is 7.63. The number of fused-ring (bicyclic) bond motifs is 1. The van der Waals surface area contributed by atoms with E-state index in [1.165, 1.54) is 12.1 Å². The first-order valence-corrected chi connectivity index (χ1v) is 15.2. The maximum Gasteiger partial charge on any atom is 0.354 e. The van der Waals surface area contributed by atoms with Gasteiger partial charge >= 0.3 is 16.1 Å². The molecule has 0 spiro atoms. The number of ether oxygens (including phenoxy) is 2. The Morgan fingerprint density at radius 2 is 1.75 bits per heavy atom. The Kier molecular flexibility index (Phi) is 8.27. The average molecular weight is 596 g/mol. The lowest BCUT2D eigenvalue weighted by atomic mass is 10.1. The summed E-state index contributed by atoms with van der Waals surface area (Å²) >= 11 is 8.00. The number of hydrogen-bond acceptors (Lipinski definition) is 7. The second-order valence-electron chi connectivity index (χ2n) is 8.91. The van der Waals surface area contributed by atoms with Gasteiger partial charge in [-0.3, -0.25) is 0 Å². The molecule has 0 aliphatic rings. The van der Waals surface area contributed by atoms with Crippen LogP contribution in [0.4, 0.5) is 0 Å². The van der Waals surface area contributed by atoms with Gasteiger partial charge in [0.2, 0.25) is 6.29 Å². The topological polar surface area (TPSA) is 83.8 Å². The van der Waals surface area contributed by atoms with Crippen LogP contribution >= 0.6 is 22.9 Å². The Morgan fingerprint density at radius 3 is 2.45 bits per heavy atom. The number of benzene rings is 3. The molecule has 10 heteroatoms. The van der Waals surface area contributed by atoms with Crippen molar-refractivity contribution in [1.29, 1.82) is 0 Å². The van der Waals surface area contributed by atoms with E-state index in [-0.39, 0.29) is 22.6 Å².